The third-order valence-electron chi connectivity index (χ3n) is 4.65. The molecule has 3 rings (SSSR count). The van der Waals surface area contributed by atoms with E-state index in [0.29, 0.717) is 12.6 Å². The van der Waals surface area contributed by atoms with Crippen LogP contribution in [0.1, 0.15) is 38.2 Å². The number of carbonyl (C=O) groups excluding carboxylic acids is 1. The fourth-order valence-electron chi connectivity index (χ4n) is 3.04. The third kappa shape index (κ3) is 4.31. The number of amides is 1. The first-order valence-electron chi connectivity index (χ1n) is 8.42. The Balaban J connectivity index is 1.37. The highest BCUT2D eigenvalue weighted by molar-refractivity contribution is 5.80. The first-order chi connectivity index (χ1) is 10.7. The van der Waals surface area contributed by atoms with E-state index >= 15 is 0 Å². The van der Waals surface area contributed by atoms with E-state index in [0.717, 1.165) is 37.5 Å². The molecular weight excluding hydrogens is 276 g/mol. The molecule has 4 nitrogen and oxygen atoms in total. The molecule has 2 aliphatic rings. The molecular formula is C18H26N2O2. The molecule has 0 bridgehead atoms. The number of hydrogen-bond acceptors (Lipinski definition) is 3. The van der Waals surface area contributed by atoms with Crippen molar-refractivity contribution in [2.75, 3.05) is 13.1 Å². The Morgan fingerprint density at radius 1 is 1.23 bits per heavy atom. The Hall–Kier alpha value is -1.39. The summed E-state index contributed by atoms with van der Waals surface area (Å²) in [6, 6.07) is 11.1. The van der Waals surface area contributed by atoms with Crippen LogP contribution in [0.15, 0.2) is 30.3 Å². The molecule has 120 valence electrons. The van der Waals surface area contributed by atoms with Crippen LogP contribution in [0.3, 0.4) is 0 Å². The molecule has 1 saturated carbocycles. The summed E-state index contributed by atoms with van der Waals surface area (Å²) in [5.74, 6) is 0.0146. The van der Waals surface area contributed by atoms with E-state index in [9.17, 15) is 4.79 Å². The number of rotatable bonds is 6. The lowest BCUT2D eigenvalue weighted by Gasteiger charge is -2.32. The van der Waals surface area contributed by atoms with Gasteiger partial charge in [0.15, 0.2) is 0 Å². The predicted molar refractivity (Wildman–Crippen MR) is 86.5 cm³/mol. The summed E-state index contributed by atoms with van der Waals surface area (Å²) in [5, 5.41) is 3.14. The summed E-state index contributed by atoms with van der Waals surface area (Å²) in [5.41, 5.74) is 1.10. The van der Waals surface area contributed by atoms with Crippen molar-refractivity contribution < 1.29 is 9.53 Å². The van der Waals surface area contributed by atoms with Gasteiger partial charge in [-0.1, -0.05) is 30.3 Å². The molecule has 0 spiro atoms. The van der Waals surface area contributed by atoms with Crippen LogP contribution in [0.4, 0.5) is 0 Å². The molecule has 1 aromatic carbocycles. The maximum atomic E-state index is 12.2. The quantitative estimate of drug-likeness (QED) is 0.877. The summed E-state index contributed by atoms with van der Waals surface area (Å²) >= 11 is 0. The Kier molecular flexibility index (Phi) is 5.11. The zero-order valence-electron chi connectivity index (χ0n) is 13.3. The monoisotopic (exact) mass is 302 g/mol. The van der Waals surface area contributed by atoms with Gasteiger partial charge in [-0.15, -0.1) is 0 Å². The van der Waals surface area contributed by atoms with E-state index in [1.54, 1.807) is 0 Å². The van der Waals surface area contributed by atoms with Crippen LogP contribution in [0, 0.1) is 0 Å². The topological polar surface area (TPSA) is 41.6 Å². The van der Waals surface area contributed by atoms with Crippen molar-refractivity contribution in [3.8, 4) is 0 Å². The van der Waals surface area contributed by atoms with Crippen LogP contribution < -0.4 is 5.32 Å². The van der Waals surface area contributed by atoms with Gasteiger partial charge in [-0.3, -0.25) is 4.79 Å². The van der Waals surface area contributed by atoms with Crippen molar-refractivity contribution in [2.24, 2.45) is 0 Å². The van der Waals surface area contributed by atoms with Crippen molar-refractivity contribution in [1.29, 1.82) is 0 Å². The molecule has 1 saturated heterocycles. The van der Waals surface area contributed by atoms with Crippen molar-refractivity contribution >= 4 is 5.91 Å². The highest BCUT2D eigenvalue weighted by Gasteiger charge is 2.32. The molecule has 0 radical (unpaired) electrons. The summed E-state index contributed by atoms with van der Waals surface area (Å²) in [6.07, 6.45) is 4.45. The van der Waals surface area contributed by atoms with E-state index in [4.69, 9.17) is 4.74 Å². The van der Waals surface area contributed by atoms with E-state index in [1.807, 2.05) is 37.3 Å². The van der Waals surface area contributed by atoms with Crippen LogP contribution in [-0.4, -0.2) is 42.1 Å². The highest BCUT2D eigenvalue weighted by atomic mass is 16.5. The first-order valence-corrected chi connectivity index (χ1v) is 8.42. The SMILES string of the molecule is C[C@H](OCc1ccccc1)C(=O)NC1CCN(C2CC2)CC1. The van der Waals surface area contributed by atoms with Crippen molar-refractivity contribution in [3.05, 3.63) is 35.9 Å². The minimum absolute atomic E-state index is 0.0146. The molecule has 0 aromatic heterocycles. The number of ether oxygens (including phenoxy) is 1. The number of nitrogens with one attached hydrogen (secondary N) is 1. The molecule has 0 unspecified atom stereocenters. The van der Waals surface area contributed by atoms with Gasteiger partial charge in [0.1, 0.15) is 6.10 Å². The first kappa shape index (κ1) is 15.5. The summed E-state index contributed by atoms with van der Waals surface area (Å²) in [7, 11) is 0. The second-order valence-electron chi connectivity index (χ2n) is 6.49. The van der Waals surface area contributed by atoms with Crippen LogP contribution >= 0.6 is 0 Å². The fourth-order valence-corrected chi connectivity index (χ4v) is 3.04. The molecule has 4 heteroatoms. The van der Waals surface area contributed by atoms with Gasteiger partial charge in [-0.25, -0.2) is 0 Å². The molecule has 1 heterocycles. The van der Waals surface area contributed by atoms with E-state index < -0.39 is 6.10 Å². The third-order valence-corrected chi connectivity index (χ3v) is 4.65. The molecule has 1 amide bonds. The Morgan fingerprint density at radius 2 is 1.91 bits per heavy atom. The molecule has 1 atom stereocenters. The summed E-state index contributed by atoms with van der Waals surface area (Å²) in [4.78, 5) is 14.8. The van der Waals surface area contributed by atoms with Gasteiger partial charge in [0, 0.05) is 25.2 Å². The second-order valence-corrected chi connectivity index (χ2v) is 6.49. The lowest BCUT2D eigenvalue weighted by molar-refractivity contribution is -0.133. The number of piperidine rings is 1. The highest BCUT2D eigenvalue weighted by Crippen LogP contribution is 2.29. The smallest absolute Gasteiger partial charge is 0.249 e. The van der Waals surface area contributed by atoms with Crippen LogP contribution in [0.25, 0.3) is 0 Å². The number of carbonyl (C=O) groups is 1. The largest absolute Gasteiger partial charge is 0.364 e. The summed E-state index contributed by atoms with van der Waals surface area (Å²) in [6.45, 7) is 4.55. The maximum Gasteiger partial charge on any atom is 0.249 e. The predicted octanol–water partition coefficient (Wildman–Crippen LogP) is 2.33. The average molecular weight is 302 g/mol. The van der Waals surface area contributed by atoms with Gasteiger partial charge < -0.3 is 15.0 Å². The molecule has 22 heavy (non-hydrogen) atoms. The number of nitrogens with zero attached hydrogens (tertiary/aromatic N) is 1. The molecule has 1 aliphatic heterocycles. The fraction of sp³-hybridized carbons (Fsp3) is 0.611. The van der Waals surface area contributed by atoms with Crippen LogP contribution in [0.5, 0.6) is 0 Å². The van der Waals surface area contributed by atoms with Gasteiger partial charge in [0.25, 0.3) is 0 Å². The Bertz CT molecular complexity index is 479. The zero-order valence-corrected chi connectivity index (χ0v) is 13.3. The summed E-state index contributed by atoms with van der Waals surface area (Å²) < 4.78 is 5.68. The zero-order chi connectivity index (χ0) is 15.4. The number of hydrogen-bond donors (Lipinski definition) is 1. The molecule has 1 N–H and O–H groups in total. The standard InChI is InChI=1S/C18H26N2O2/c1-14(22-13-15-5-3-2-4-6-15)18(21)19-16-9-11-20(12-10-16)17-7-8-17/h2-6,14,16-17H,7-13H2,1H3,(H,19,21)/t14-/m0/s1. The van der Waals surface area contributed by atoms with E-state index in [1.165, 1.54) is 12.8 Å². The lowest BCUT2D eigenvalue weighted by Crippen LogP contribution is -2.47. The second kappa shape index (κ2) is 7.25. The average Bonchev–Trinajstić information content (AvgIpc) is 3.39. The van der Waals surface area contributed by atoms with Gasteiger partial charge in [0.2, 0.25) is 5.91 Å². The van der Waals surface area contributed by atoms with Gasteiger partial charge in [0.05, 0.1) is 6.61 Å². The van der Waals surface area contributed by atoms with E-state index in [-0.39, 0.29) is 5.91 Å². The van der Waals surface area contributed by atoms with Crippen molar-refractivity contribution in [1.82, 2.24) is 10.2 Å². The number of likely N-dealkylation sites (tertiary alicyclic amines) is 1. The van der Waals surface area contributed by atoms with Crippen LogP contribution in [-0.2, 0) is 16.1 Å². The van der Waals surface area contributed by atoms with Gasteiger partial charge in [-0.05, 0) is 38.2 Å². The molecule has 2 fully saturated rings. The molecule has 1 aromatic rings. The van der Waals surface area contributed by atoms with E-state index in [2.05, 4.69) is 10.2 Å². The van der Waals surface area contributed by atoms with Gasteiger partial charge in [-0.2, -0.15) is 0 Å². The van der Waals surface area contributed by atoms with Gasteiger partial charge >= 0.3 is 0 Å². The molecule has 1 aliphatic carbocycles. The minimum Gasteiger partial charge on any atom is -0.364 e. The van der Waals surface area contributed by atoms with Crippen molar-refractivity contribution in [3.63, 3.8) is 0 Å². The Morgan fingerprint density at radius 3 is 2.55 bits per heavy atom. The maximum absolute atomic E-state index is 12.2. The van der Waals surface area contributed by atoms with Crippen LogP contribution in [0.2, 0.25) is 0 Å². The number of benzene rings is 1. The van der Waals surface area contributed by atoms with Crippen molar-refractivity contribution in [2.45, 2.75) is 57.4 Å². The lowest BCUT2D eigenvalue weighted by atomic mass is 10.0. The minimum atomic E-state index is -0.401. The normalized spacial score (nSPS) is 21.5. The Labute approximate surface area is 132 Å².